The van der Waals surface area contributed by atoms with E-state index in [4.69, 9.17) is 4.42 Å². The van der Waals surface area contributed by atoms with Crippen LogP contribution in [0.1, 0.15) is 42.1 Å². The molecule has 2 aromatic heterocycles. The largest absolute Gasteiger partial charge is 0.440 e. The van der Waals surface area contributed by atoms with E-state index in [2.05, 4.69) is 20.5 Å². The van der Waals surface area contributed by atoms with Gasteiger partial charge < -0.3 is 9.32 Å². The number of hydrogen-bond donors (Lipinski definition) is 0. The molecule has 0 N–H and O–H groups in total. The second kappa shape index (κ2) is 8.49. The lowest BCUT2D eigenvalue weighted by Gasteiger charge is -2.33. The summed E-state index contributed by atoms with van der Waals surface area (Å²) in [6.07, 6.45) is 1.93. The Labute approximate surface area is 184 Å². The molecule has 0 aliphatic carbocycles. The van der Waals surface area contributed by atoms with Crippen LogP contribution in [0, 0.1) is 12.7 Å². The van der Waals surface area contributed by atoms with Gasteiger partial charge in [-0.2, -0.15) is 0 Å². The van der Waals surface area contributed by atoms with E-state index < -0.39 is 6.04 Å². The molecule has 1 atom stereocenters. The molecule has 1 fully saturated rings. The number of rotatable bonds is 5. The molecule has 4 aromatic rings. The Bertz CT molecular complexity index is 1190. The first-order chi connectivity index (χ1) is 15.6. The number of aryl methyl sites for hydroxylation is 1. The lowest BCUT2D eigenvalue weighted by atomic mass is 9.95. The maximum atomic E-state index is 13.5. The second-order valence-corrected chi connectivity index (χ2v) is 8.14. The molecule has 3 heterocycles. The number of likely N-dealkylation sites (tertiary alicyclic amines) is 1. The highest BCUT2D eigenvalue weighted by molar-refractivity contribution is 5.81. The van der Waals surface area contributed by atoms with Crippen molar-refractivity contribution in [1.82, 2.24) is 30.1 Å². The Balaban J connectivity index is 1.31. The summed E-state index contributed by atoms with van der Waals surface area (Å²) in [5, 5.41) is 11.7. The minimum absolute atomic E-state index is 0.0410. The van der Waals surface area contributed by atoms with E-state index >= 15 is 0 Å². The van der Waals surface area contributed by atoms with Crippen LogP contribution in [0.3, 0.4) is 0 Å². The summed E-state index contributed by atoms with van der Waals surface area (Å²) < 4.78 is 20.8. The Morgan fingerprint density at radius 1 is 1.16 bits per heavy atom. The van der Waals surface area contributed by atoms with Crippen LogP contribution in [0.5, 0.6) is 0 Å². The van der Waals surface area contributed by atoms with E-state index in [1.54, 1.807) is 23.7 Å². The first kappa shape index (κ1) is 20.3. The lowest BCUT2D eigenvalue weighted by Crippen LogP contribution is -2.43. The molecule has 0 spiro atoms. The van der Waals surface area contributed by atoms with Gasteiger partial charge in [-0.3, -0.25) is 4.79 Å². The summed E-state index contributed by atoms with van der Waals surface area (Å²) in [6, 6.07) is 13.3. The van der Waals surface area contributed by atoms with E-state index in [0.717, 1.165) is 35.4 Å². The number of carbonyl (C=O) groups is 1. The number of benzene rings is 2. The maximum absolute atomic E-state index is 13.5. The Morgan fingerprint density at radius 2 is 1.91 bits per heavy atom. The van der Waals surface area contributed by atoms with Crippen LogP contribution < -0.4 is 0 Å². The number of hydrogen-bond acceptors (Lipinski definition) is 6. The molecule has 5 rings (SSSR count). The van der Waals surface area contributed by atoms with Gasteiger partial charge in [0.05, 0.1) is 0 Å². The zero-order valence-corrected chi connectivity index (χ0v) is 17.7. The van der Waals surface area contributed by atoms with Gasteiger partial charge in [-0.25, -0.2) is 14.1 Å². The third kappa shape index (κ3) is 3.98. The van der Waals surface area contributed by atoms with E-state index in [1.807, 2.05) is 29.2 Å². The minimum Gasteiger partial charge on any atom is -0.440 e. The van der Waals surface area contributed by atoms with Crippen molar-refractivity contribution in [3.8, 4) is 0 Å². The van der Waals surface area contributed by atoms with E-state index in [0.29, 0.717) is 25.3 Å². The monoisotopic (exact) mass is 434 g/mol. The van der Waals surface area contributed by atoms with Crippen molar-refractivity contribution >= 4 is 17.0 Å². The summed E-state index contributed by atoms with van der Waals surface area (Å²) in [6.45, 7) is 2.97. The minimum atomic E-state index is -0.587. The molecule has 0 bridgehead atoms. The van der Waals surface area contributed by atoms with Crippen molar-refractivity contribution in [2.24, 2.45) is 0 Å². The smallest absolute Gasteiger partial charge is 0.247 e. The Morgan fingerprint density at radius 3 is 2.59 bits per heavy atom. The first-order valence-electron chi connectivity index (χ1n) is 10.7. The van der Waals surface area contributed by atoms with Crippen LogP contribution in [0.25, 0.3) is 11.1 Å². The van der Waals surface area contributed by atoms with Crippen molar-refractivity contribution in [2.75, 3.05) is 13.1 Å². The zero-order chi connectivity index (χ0) is 22.1. The van der Waals surface area contributed by atoms with Gasteiger partial charge >= 0.3 is 0 Å². The van der Waals surface area contributed by atoms with Crippen LogP contribution in [0.4, 0.5) is 4.39 Å². The molecule has 1 saturated heterocycles. The fraction of sp³-hybridized carbons (Fsp3) is 0.348. The van der Waals surface area contributed by atoms with Gasteiger partial charge in [0.2, 0.25) is 5.91 Å². The normalized spacial score (nSPS) is 15.9. The number of para-hydroxylation sites is 2. The van der Waals surface area contributed by atoms with Crippen molar-refractivity contribution in [3.63, 3.8) is 0 Å². The number of piperidine rings is 1. The fourth-order valence-corrected chi connectivity index (χ4v) is 4.27. The Hall–Kier alpha value is -3.62. The van der Waals surface area contributed by atoms with E-state index in [1.165, 1.54) is 12.1 Å². The standard InChI is InChI=1S/C23H23FN6O2/c1-15-26-27-28-30(15)20(14-16-6-8-18(24)9-7-16)23(31)29-12-10-17(11-13-29)22-25-19-4-2-3-5-21(19)32-22/h2-9,17,20H,10-14H2,1H3/t20-/m0/s1. The van der Waals surface area contributed by atoms with Gasteiger partial charge in [0.15, 0.2) is 11.5 Å². The molecular weight excluding hydrogens is 411 g/mol. The van der Waals surface area contributed by atoms with Crippen LogP contribution in [0.15, 0.2) is 52.9 Å². The number of tetrazole rings is 1. The van der Waals surface area contributed by atoms with Crippen molar-refractivity contribution in [1.29, 1.82) is 0 Å². The molecule has 32 heavy (non-hydrogen) atoms. The highest BCUT2D eigenvalue weighted by Crippen LogP contribution is 2.31. The van der Waals surface area contributed by atoms with Gasteiger partial charge in [0, 0.05) is 25.4 Å². The van der Waals surface area contributed by atoms with Crippen LogP contribution >= 0.6 is 0 Å². The predicted molar refractivity (Wildman–Crippen MR) is 114 cm³/mol. The average Bonchev–Trinajstić information content (AvgIpc) is 3.44. The molecule has 1 amide bonds. The third-order valence-electron chi connectivity index (χ3n) is 6.05. The molecule has 2 aromatic carbocycles. The summed E-state index contributed by atoms with van der Waals surface area (Å²) in [5.41, 5.74) is 2.49. The Kier molecular flexibility index (Phi) is 5.38. The summed E-state index contributed by atoms with van der Waals surface area (Å²) >= 11 is 0. The lowest BCUT2D eigenvalue weighted by molar-refractivity contribution is -0.136. The number of halogens is 1. The molecule has 8 nitrogen and oxygen atoms in total. The van der Waals surface area contributed by atoms with Crippen molar-refractivity contribution < 1.29 is 13.6 Å². The van der Waals surface area contributed by atoms with Crippen molar-refractivity contribution in [3.05, 3.63) is 71.6 Å². The molecule has 164 valence electrons. The van der Waals surface area contributed by atoms with E-state index in [9.17, 15) is 9.18 Å². The topological polar surface area (TPSA) is 89.9 Å². The first-order valence-corrected chi connectivity index (χ1v) is 10.7. The third-order valence-corrected chi connectivity index (χ3v) is 6.05. The molecule has 0 unspecified atom stereocenters. The summed E-state index contributed by atoms with van der Waals surface area (Å²) in [4.78, 5) is 20.0. The summed E-state index contributed by atoms with van der Waals surface area (Å²) in [5.74, 6) is 1.12. The van der Waals surface area contributed by atoms with Gasteiger partial charge in [-0.1, -0.05) is 24.3 Å². The number of fused-ring (bicyclic) bond motifs is 1. The summed E-state index contributed by atoms with van der Waals surface area (Å²) in [7, 11) is 0. The molecule has 9 heteroatoms. The number of oxazole rings is 1. The van der Waals surface area contributed by atoms with Crippen LogP contribution in [-0.4, -0.2) is 49.1 Å². The molecule has 0 radical (unpaired) electrons. The zero-order valence-electron chi connectivity index (χ0n) is 17.7. The maximum Gasteiger partial charge on any atom is 0.247 e. The number of carbonyl (C=O) groups excluding carboxylic acids is 1. The molecule has 0 saturated carbocycles. The number of nitrogens with zero attached hydrogens (tertiary/aromatic N) is 6. The highest BCUT2D eigenvalue weighted by atomic mass is 19.1. The van der Waals surface area contributed by atoms with Gasteiger partial charge in [-0.05, 0) is 60.0 Å². The fourth-order valence-electron chi connectivity index (χ4n) is 4.27. The number of aromatic nitrogens is 5. The quantitative estimate of drug-likeness (QED) is 0.478. The SMILES string of the molecule is Cc1nnnn1[C@@H](Cc1ccc(F)cc1)C(=O)N1CCC(c2nc3ccccc3o2)CC1. The average molecular weight is 434 g/mol. The number of amides is 1. The molecule has 1 aliphatic rings. The molecular formula is C23H23FN6O2. The predicted octanol–water partition coefficient (Wildman–Crippen LogP) is 3.45. The van der Waals surface area contributed by atoms with E-state index in [-0.39, 0.29) is 17.6 Å². The highest BCUT2D eigenvalue weighted by Gasteiger charge is 2.33. The van der Waals surface area contributed by atoms with Crippen LogP contribution in [0.2, 0.25) is 0 Å². The van der Waals surface area contributed by atoms with Gasteiger partial charge in [-0.15, -0.1) is 5.10 Å². The van der Waals surface area contributed by atoms with Gasteiger partial charge in [0.1, 0.15) is 23.2 Å². The molecule has 1 aliphatic heterocycles. The van der Waals surface area contributed by atoms with Gasteiger partial charge in [0.25, 0.3) is 0 Å². The van der Waals surface area contributed by atoms with Crippen molar-refractivity contribution in [2.45, 2.75) is 38.1 Å². The van der Waals surface area contributed by atoms with Crippen LogP contribution in [-0.2, 0) is 11.2 Å². The second-order valence-electron chi connectivity index (χ2n) is 8.14.